The van der Waals surface area contributed by atoms with Gasteiger partial charge in [0.2, 0.25) is 0 Å². The molecule has 2 aromatic rings. The van der Waals surface area contributed by atoms with Gasteiger partial charge in [0.15, 0.2) is 0 Å². The zero-order valence-electron chi connectivity index (χ0n) is 14.7. The van der Waals surface area contributed by atoms with Gasteiger partial charge in [-0.3, -0.25) is 9.48 Å². The van der Waals surface area contributed by atoms with Gasteiger partial charge in [-0.1, -0.05) is 12.8 Å². The van der Waals surface area contributed by atoms with Crippen molar-refractivity contribution in [2.24, 2.45) is 13.0 Å². The molecule has 0 unspecified atom stereocenters. The van der Waals surface area contributed by atoms with E-state index >= 15 is 0 Å². The van der Waals surface area contributed by atoms with Gasteiger partial charge >= 0.3 is 0 Å². The molecular weight excluding hydrogens is 318 g/mol. The summed E-state index contributed by atoms with van der Waals surface area (Å²) in [7, 11) is 1.82. The standard InChI is InChI=1S/C18H25N5O2/c1-21-8-15(6-20-21)18(24)22-9-16-7-19-13-23(16)17(10-22)12-25-11-14-4-2-3-5-14/h6-8,13-14,17H,2-5,9-12H2,1H3/t17-/m0/s1. The Morgan fingerprint density at radius 3 is 2.88 bits per heavy atom. The van der Waals surface area contributed by atoms with Crippen LogP contribution in [0, 0.1) is 5.92 Å². The minimum atomic E-state index is 0.0151. The van der Waals surface area contributed by atoms with Gasteiger partial charge < -0.3 is 14.2 Å². The van der Waals surface area contributed by atoms with Crippen molar-refractivity contribution in [2.75, 3.05) is 19.8 Å². The lowest BCUT2D eigenvalue weighted by atomic mass is 10.1. The molecule has 1 fully saturated rings. The number of hydrogen-bond donors (Lipinski definition) is 0. The fraction of sp³-hybridized carbons (Fsp3) is 0.611. The first-order valence-corrected chi connectivity index (χ1v) is 9.07. The molecule has 1 aliphatic carbocycles. The van der Waals surface area contributed by atoms with Crippen LogP contribution in [-0.4, -0.2) is 49.9 Å². The van der Waals surface area contributed by atoms with Gasteiger partial charge in [-0.2, -0.15) is 5.10 Å². The molecule has 1 atom stereocenters. The molecule has 0 saturated heterocycles. The molecule has 0 bridgehead atoms. The first-order chi connectivity index (χ1) is 12.2. The molecule has 4 rings (SSSR count). The molecule has 3 heterocycles. The average Bonchev–Trinajstić information content (AvgIpc) is 3.35. The van der Waals surface area contributed by atoms with Crippen LogP contribution in [-0.2, 0) is 18.3 Å². The summed E-state index contributed by atoms with van der Waals surface area (Å²) in [6, 6.07) is 0.119. The zero-order valence-corrected chi connectivity index (χ0v) is 14.7. The van der Waals surface area contributed by atoms with E-state index in [9.17, 15) is 4.79 Å². The Kier molecular flexibility index (Phi) is 4.57. The number of fused-ring (bicyclic) bond motifs is 1. The third kappa shape index (κ3) is 3.46. The monoisotopic (exact) mass is 343 g/mol. The van der Waals surface area contributed by atoms with Crippen LogP contribution in [0.15, 0.2) is 24.9 Å². The Bertz CT molecular complexity index is 731. The van der Waals surface area contributed by atoms with Gasteiger partial charge in [-0.05, 0) is 18.8 Å². The molecular formula is C18H25N5O2. The van der Waals surface area contributed by atoms with Crippen LogP contribution in [0.25, 0.3) is 0 Å². The van der Waals surface area contributed by atoms with Crippen LogP contribution >= 0.6 is 0 Å². The summed E-state index contributed by atoms with van der Waals surface area (Å²) in [6.45, 7) is 2.67. The SMILES string of the molecule is Cn1cc(C(=O)N2Cc3cncn3[C@H](COCC3CCCC3)C2)cn1. The van der Waals surface area contributed by atoms with Gasteiger partial charge in [-0.15, -0.1) is 0 Å². The second-order valence-electron chi connectivity index (χ2n) is 7.22. The summed E-state index contributed by atoms with van der Waals surface area (Å²) in [5, 5.41) is 4.11. The third-order valence-corrected chi connectivity index (χ3v) is 5.30. The van der Waals surface area contributed by atoms with Gasteiger partial charge in [0.1, 0.15) is 0 Å². The molecule has 1 saturated carbocycles. The highest BCUT2D eigenvalue weighted by Gasteiger charge is 2.29. The van der Waals surface area contributed by atoms with Crippen molar-refractivity contribution in [3.05, 3.63) is 36.2 Å². The van der Waals surface area contributed by atoms with Gasteiger partial charge in [0, 0.05) is 32.6 Å². The first-order valence-electron chi connectivity index (χ1n) is 9.07. The molecule has 0 spiro atoms. The maximum atomic E-state index is 12.8. The van der Waals surface area contributed by atoms with Crippen molar-refractivity contribution in [3.63, 3.8) is 0 Å². The maximum absolute atomic E-state index is 12.8. The Morgan fingerprint density at radius 2 is 2.12 bits per heavy atom. The highest BCUT2D eigenvalue weighted by molar-refractivity contribution is 5.93. The highest BCUT2D eigenvalue weighted by Crippen LogP contribution is 2.26. The molecule has 0 radical (unpaired) electrons. The number of imidazole rings is 1. The topological polar surface area (TPSA) is 65.2 Å². The number of amides is 1. The largest absolute Gasteiger partial charge is 0.379 e. The minimum absolute atomic E-state index is 0.0151. The van der Waals surface area contributed by atoms with Crippen molar-refractivity contribution in [3.8, 4) is 0 Å². The van der Waals surface area contributed by atoms with E-state index < -0.39 is 0 Å². The van der Waals surface area contributed by atoms with E-state index in [4.69, 9.17) is 4.74 Å². The smallest absolute Gasteiger partial charge is 0.257 e. The highest BCUT2D eigenvalue weighted by atomic mass is 16.5. The lowest BCUT2D eigenvalue weighted by molar-refractivity contribution is 0.0434. The van der Waals surface area contributed by atoms with E-state index in [1.165, 1.54) is 25.7 Å². The van der Waals surface area contributed by atoms with Gasteiger partial charge in [0.05, 0.1) is 43.0 Å². The minimum Gasteiger partial charge on any atom is -0.379 e. The molecule has 1 amide bonds. The number of aryl methyl sites for hydroxylation is 1. The number of ether oxygens (including phenoxy) is 1. The summed E-state index contributed by atoms with van der Waals surface area (Å²) < 4.78 is 9.83. The Morgan fingerprint density at radius 1 is 1.28 bits per heavy atom. The predicted molar refractivity (Wildman–Crippen MR) is 92.0 cm³/mol. The molecule has 0 aromatic carbocycles. The number of aromatic nitrogens is 4. The normalized spacial score (nSPS) is 20.8. The van der Waals surface area contributed by atoms with Gasteiger partial charge in [-0.25, -0.2) is 4.98 Å². The quantitative estimate of drug-likeness (QED) is 0.833. The number of carbonyl (C=O) groups is 1. The average molecular weight is 343 g/mol. The van der Waals surface area contributed by atoms with Crippen molar-refractivity contribution >= 4 is 5.91 Å². The molecule has 7 nitrogen and oxygen atoms in total. The van der Waals surface area contributed by atoms with E-state index in [0.717, 1.165) is 12.3 Å². The third-order valence-electron chi connectivity index (χ3n) is 5.30. The van der Waals surface area contributed by atoms with Crippen molar-refractivity contribution in [2.45, 2.75) is 38.3 Å². The van der Waals surface area contributed by atoms with Gasteiger partial charge in [0.25, 0.3) is 5.91 Å². The molecule has 25 heavy (non-hydrogen) atoms. The van der Waals surface area contributed by atoms with Crippen LogP contribution in [0.1, 0.15) is 47.8 Å². The van der Waals surface area contributed by atoms with E-state index in [1.54, 1.807) is 17.1 Å². The van der Waals surface area contributed by atoms with E-state index in [-0.39, 0.29) is 11.9 Å². The first kappa shape index (κ1) is 16.3. The zero-order chi connectivity index (χ0) is 17.2. The Hall–Kier alpha value is -2.15. The fourth-order valence-electron chi connectivity index (χ4n) is 3.94. The number of nitrogens with zero attached hydrogens (tertiary/aromatic N) is 5. The van der Waals surface area contributed by atoms with E-state index in [2.05, 4.69) is 14.6 Å². The lowest BCUT2D eigenvalue weighted by Gasteiger charge is -2.34. The van der Waals surface area contributed by atoms with Crippen LogP contribution < -0.4 is 0 Å². The summed E-state index contributed by atoms with van der Waals surface area (Å²) in [5.41, 5.74) is 1.68. The maximum Gasteiger partial charge on any atom is 0.257 e. The number of rotatable bonds is 5. The Balaban J connectivity index is 1.42. The lowest BCUT2D eigenvalue weighted by Crippen LogP contribution is -2.42. The number of hydrogen-bond acceptors (Lipinski definition) is 4. The predicted octanol–water partition coefficient (Wildman–Crippen LogP) is 2.02. The fourth-order valence-corrected chi connectivity index (χ4v) is 3.94. The van der Waals surface area contributed by atoms with Crippen LogP contribution in [0.5, 0.6) is 0 Å². The number of carbonyl (C=O) groups excluding carboxylic acids is 1. The van der Waals surface area contributed by atoms with E-state index in [1.807, 2.05) is 24.5 Å². The summed E-state index contributed by atoms with van der Waals surface area (Å²) in [6.07, 6.45) is 12.3. The summed E-state index contributed by atoms with van der Waals surface area (Å²) in [5.74, 6) is 0.723. The van der Waals surface area contributed by atoms with Crippen molar-refractivity contribution < 1.29 is 9.53 Å². The molecule has 0 N–H and O–H groups in total. The van der Waals surface area contributed by atoms with Crippen molar-refractivity contribution in [1.29, 1.82) is 0 Å². The van der Waals surface area contributed by atoms with Crippen LogP contribution in [0.2, 0.25) is 0 Å². The molecule has 134 valence electrons. The Labute approximate surface area is 147 Å². The molecule has 2 aromatic heterocycles. The second kappa shape index (κ2) is 7.00. The molecule has 1 aliphatic heterocycles. The van der Waals surface area contributed by atoms with Crippen molar-refractivity contribution in [1.82, 2.24) is 24.2 Å². The summed E-state index contributed by atoms with van der Waals surface area (Å²) in [4.78, 5) is 18.9. The van der Waals surface area contributed by atoms with Crippen LogP contribution in [0.4, 0.5) is 0 Å². The second-order valence-corrected chi connectivity index (χ2v) is 7.22. The molecule has 7 heteroatoms. The summed E-state index contributed by atoms with van der Waals surface area (Å²) >= 11 is 0. The molecule has 2 aliphatic rings. The van der Waals surface area contributed by atoms with Crippen LogP contribution in [0.3, 0.4) is 0 Å². The van der Waals surface area contributed by atoms with E-state index in [0.29, 0.717) is 31.2 Å².